The van der Waals surface area contributed by atoms with Crippen LogP contribution in [0.2, 0.25) is 0 Å². The number of carbonyl (C=O) groups excluding carboxylic acids is 2. The van der Waals surface area contributed by atoms with Crippen molar-refractivity contribution in [2.45, 2.75) is 243 Å². The Bertz CT molecular complexity index is 1060. The van der Waals surface area contributed by atoms with Crippen LogP contribution >= 0.6 is 0 Å². The molecule has 1 aliphatic heterocycles. The molecule has 0 spiro atoms. The third-order valence-electron chi connectivity index (χ3n) is 11.0. The lowest BCUT2D eigenvalue weighted by Crippen LogP contribution is -2.59. The van der Waals surface area contributed by atoms with Crippen LogP contribution in [-0.4, -0.2) is 89.0 Å². The molecule has 1 fully saturated rings. The fraction of sp³-hybridized carbons (Fsp3) is 0.837. The van der Waals surface area contributed by atoms with E-state index in [2.05, 4.69) is 50.3 Å². The Morgan fingerprint density at radius 2 is 1.00 bits per heavy atom. The molecule has 4 N–H and O–H groups in total. The number of hydrogen-bond acceptors (Lipinski definition) is 10. The molecule has 2 unspecified atom stereocenters. The number of ether oxygens (including phenoxy) is 4. The second-order valence-corrected chi connectivity index (χ2v) is 16.5. The predicted molar refractivity (Wildman–Crippen MR) is 238 cm³/mol. The van der Waals surface area contributed by atoms with Gasteiger partial charge in [0.25, 0.3) is 0 Å². The average Bonchev–Trinajstić information content (AvgIpc) is 3.23. The molecule has 0 amide bonds. The third kappa shape index (κ3) is 31.4. The van der Waals surface area contributed by atoms with Crippen LogP contribution in [0, 0.1) is 0 Å². The summed E-state index contributed by atoms with van der Waals surface area (Å²) in [5, 5.41) is 40.1. The van der Waals surface area contributed by atoms with E-state index in [1.165, 1.54) is 96.3 Å². The minimum Gasteiger partial charge on any atom is -0.462 e. The molecule has 1 saturated heterocycles. The molecule has 0 aromatic rings. The zero-order valence-corrected chi connectivity index (χ0v) is 37.5. The van der Waals surface area contributed by atoms with Crippen LogP contribution in [0.3, 0.4) is 0 Å². The smallest absolute Gasteiger partial charge is 0.306 e. The summed E-state index contributed by atoms with van der Waals surface area (Å²) in [5.41, 5.74) is 0. The van der Waals surface area contributed by atoms with Gasteiger partial charge in [-0.1, -0.05) is 185 Å². The van der Waals surface area contributed by atoms with Gasteiger partial charge in [-0.2, -0.15) is 0 Å². The maximum absolute atomic E-state index is 12.8. The Balaban J connectivity index is 2.29. The second kappa shape index (κ2) is 40.0. The van der Waals surface area contributed by atoms with E-state index in [1.54, 1.807) is 0 Å². The molecule has 0 bridgehead atoms. The van der Waals surface area contributed by atoms with Crippen LogP contribution in [0.25, 0.3) is 0 Å². The third-order valence-corrected chi connectivity index (χ3v) is 11.0. The van der Waals surface area contributed by atoms with Gasteiger partial charge in [0.1, 0.15) is 31.0 Å². The lowest BCUT2D eigenvalue weighted by Gasteiger charge is -2.39. The zero-order valence-electron chi connectivity index (χ0n) is 37.5. The highest BCUT2D eigenvalue weighted by atomic mass is 16.7. The number of aliphatic hydroxyl groups excluding tert-OH is 4. The highest BCUT2D eigenvalue weighted by Crippen LogP contribution is 2.23. The van der Waals surface area contributed by atoms with Gasteiger partial charge in [0.15, 0.2) is 12.4 Å². The molecule has 0 aromatic carbocycles. The lowest BCUT2D eigenvalue weighted by atomic mass is 9.99. The van der Waals surface area contributed by atoms with Crippen molar-refractivity contribution in [3.63, 3.8) is 0 Å². The van der Waals surface area contributed by atoms with Crippen molar-refractivity contribution in [3.05, 3.63) is 36.5 Å². The topological polar surface area (TPSA) is 152 Å². The molecular formula is C49H88O10. The molecule has 0 radical (unpaired) electrons. The quantitative estimate of drug-likeness (QED) is 0.0267. The summed E-state index contributed by atoms with van der Waals surface area (Å²) in [6.45, 7) is 3.32. The standard InChI is InChI=1S/C49H88O10/c1-3-5-7-9-11-13-15-17-19-20-21-22-24-26-28-30-32-34-36-38-45(52)58-42(41-57-49-48(55)47(54)46(53)43(39-50)59-49)40-56-44(51)37-35-33-31-29-27-25-23-18-16-14-12-10-8-6-4-2/h6,8,12,14,18,23,42-43,46-50,53-55H,3-5,7,9-11,13,15-17,19-22,24-41H2,1-2H3/b8-6+,14-12+,23-18+/t42-,43-,46+,47?,48?,49-/m1/s1. The normalized spacial score (nSPS) is 20.3. The first-order chi connectivity index (χ1) is 28.8. The largest absolute Gasteiger partial charge is 0.462 e. The minimum atomic E-state index is -1.60. The van der Waals surface area contributed by atoms with Gasteiger partial charge in [-0.3, -0.25) is 9.59 Å². The Labute approximate surface area is 359 Å². The van der Waals surface area contributed by atoms with E-state index in [0.29, 0.717) is 12.8 Å². The van der Waals surface area contributed by atoms with Gasteiger partial charge >= 0.3 is 11.9 Å². The van der Waals surface area contributed by atoms with Crippen molar-refractivity contribution >= 4 is 11.9 Å². The van der Waals surface area contributed by atoms with Crippen LogP contribution in [0.5, 0.6) is 0 Å². The first-order valence-corrected chi connectivity index (χ1v) is 24.1. The van der Waals surface area contributed by atoms with Crippen LogP contribution in [0.1, 0.15) is 206 Å². The molecular weight excluding hydrogens is 749 g/mol. The Morgan fingerprint density at radius 3 is 1.51 bits per heavy atom. The van der Waals surface area contributed by atoms with Gasteiger partial charge < -0.3 is 39.4 Å². The van der Waals surface area contributed by atoms with E-state index >= 15 is 0 Å². The molecule has 1 rings (SSSR count). The van der Waals surface area contributed by atoms with Crippen molar-refractivity contribution < 1.29 is 49.0 Å². The first kappa shape index (κ1) is 54.9. The summed E-state index contributed by atoms with van der Waals surface area (Å²) < 4.78 is 22.2. The van der Waals surface area contributed by atoms with Gasteiger partial charge in [-0.05, 0) is 44.9 Å². The predicted octanol–water partition coefficient (Wildman–Crippen LogP) is 10.7. The SMILES string of the molecule is CC/C=C/C/C=C/C/C=C/CCCCCCCC(=O)OC[C@H](CO[C@@H]1O[C@H](CO)[C@H](O)C(O)C1O)OC(=O)CCCCCCCCCCCCCCCCCCCCC. The highest BCUT2D eigenvalue weighted by Gasteiger charge is 2.44. The zero-order chi connectivity index (χ0) is 43.0. The van der Waals surface area contributed by atoms with Crippen molar-refractivity contribution in [1.29, 1.82) is 0 Å². The number of esters is 2. The summed E-state index contributed by atoms with van der Waals surface area (Å²) in [6.07, 6.45) is 38.6. The number of hydrogen-bond donors (Lipinski definition) is 4. The Kier molecular flexibility index (Phi) is 37.3. The van der Waals surface area contributed by atoms with E-state index in [9.17, 15) is 30.0 Å². The number of rotatable bonds is 40. The van der Waals surface area contributed by atoms with Crippen molar-refractivity contribution in [3.8, 4) is 0 Å². The molecule has 10 nitrogen and oxygen atoms in total. The molecule has 344 valence electrons. The van der Waals surface area contributed by atoms with Crippen LogP contribution in [-0.2, 0) is 28.5 Å². The number of carbonyl (C=O) groups is 2. The maximum atomic E-state index is 12.8. The highest BCUT2D eigenvalue weighted by molar-refractivity contribution is 5.70. The fourth-order valence-electron chi connectivity index (χ4n) is 7.26. The number of allylic oxidation sites excluding steroid dienone is 6. The van der Waals surface area contributed by atoms with Crippen LogP contribution in [0.15, 0.2) is 36.5 Å². The summed E-state index contributed by atoms with van der Waals surface area (Å²) in [5.74, 6) is -0.819. The van der Waals surface area contributed by atoms with Gasteiger partial charge in [0.05, 0.1) is 13.2 Å². The van der Waals surface area contributed by atoms with Crippen molar-refractivity contribution in [2.75, 3.05) is 19.8 Å². The van der Waals surface area contributed by atoms with Crippen molar-refractivity contribution in [2.24, 2.45) is 0 Å². The molecule has 10 heteroatoms. The van der Waals surface area contributed by atoms with E-state index in [0.717, 1.165) is 70.6 Å². The van der Waals surface area contributed by atoms with Crippen molar-refractivity contribution in [1.82, 2.24) is 0 Å². The first-order valence-electron chi connectivity index (χ1n) is 24.1. The minimum absolute atomic E-state index is 0.224. The number of aliphatic hydroxyl groups is 4. The van der Waals surface area contributed by atoms with Gasteiger partial charge in [0.2, 0.25) is 0 Å². The molecule has 1 aliphatic rings. The molecule has 6 atom stereocenters. The molecule has 59 heavy (non-hydrogen) atoms. The average molecular weight is 837 g/mol. The van der Waals surface area contributed by atoms with E-state index in [1.807, 2.05) is 0 Å². The molecule has 0 aromatic heterocycles. The molecule has 0 aliphatic carbocycles. The summed E-state index contributed by atoms with van der Waals surface area (Å²) >= 11 is 0. The Morgan fingerprint density at radius 1 is 0.542 bits per heavy atom. The monoisotopic (exact) mass is 837 g/mol. The number of unbranched alkanes of at least 4 members (excludes halogenated alkanes) is 23. The summed E-state index contributed by atoms with van der Waals surface area (Å²) in [6, 6.07) is 0. The van der Waals surface area contributed by atoms with Crippen LogP contribution in [0.4, 0.5) is 0 Å². The Hall–Kier alpha value is -2.08. The second-order valence-electron chi connectivity index (χ2n) is 16.5. The van der Waals surface area contributed by atoms with Gasteiger partial charge in [-0.25, -0.2) is 0 Å². The lowest BCUT2D eigenvalue weighted by molar-refractivity contribution is -0.305. The van der Waals surface area contributed by atoms with E-state index in [4.69, 9.17) is 18.9 Å². The van der Waals surface area contributed by atoms with Gasteiger partial charge in [-0.15, -0.1) is 0 Å². The fourth-order valence-corrected chi connectivity index (χ4v) is 7.26. The van der Waals surface area contributed by atoms with E-state index < -0.39 is 49.4 Å². The molecule has 1 heterocycles. The van der Waals surface area contributed by atoms with E-state index in [-0.39, 0.29) is 32.0 Å². The summed E-state index contributed by atoms with van der Waals surface area (Å²) in [7, 11) is 0. The summed E-state index contributed by atoms with van der Waals surface area (Å²) in [4.78, 5) is 25.4. The van der Waals surface area contributed by atoms with Crippen LogP contribution < -0.4 is 0 Å². The molecule has 0 saturated carbocycles. The van der Waals surface area contributed by atoms with Gasteiger partial charge in [0, 0.05) is 12.8 Å². The maximum Gasteiger partial charge on any atom is 0.306 e.